The van der Waals surface area contributed by atoms with Crippen molar-refractivity contribution < 1.29 is 0 Å². The number of hydrogen-bond acceptors (Lipinski definition) is 2. The molecule has 0 atom stereocenters. The zero-order valence-corrected chi connectivity index (χ0v) is 9.94. The number of unbranched alkanes of at least 4 members (excludes halogenated alkanes) is 3. The number of rotatable bonds is 10. The first-order chi connectivity index (χ1) is 6.77. The minimum atomic E-state index is 0.633. The Morgan fingerprint density at radius 3 is 2.14 bits per heavy atom. The maximum absolute atomic E-state index is 3.79. The third-order valence-electron chi connectivity index (χ3n) is 2.19. The molecule has 0 heterocycles. The van der Waals surface area contributed by atoms with Gasteiger partial charge in [0.1, 0.15) is 0 Å². The monoisotopic (exact) mass is 199 g/mol. The van der Waals surface area contributed by atoms with E-state index in [2.05, 4.69) is 31.4 Å². The van der Waals surface area contributed by atoms with Gasteiger partial charge in [-0.25, -0.2) is 0 Å². The summed E-state index contributed by atoms with van der Waals surface area (Å²) in [6.07, 6.45) is 6.32. The Labute approximate surface area is 89.9 Å². The summed E-state index contributed by atoms with van der Waals surface area (Å²) in [7, 11) is 0. The predicted octanol–water partition coefficient (Wildman–Crippen LogP) is 2.36. The Hall–Kier alpha value is -0.0800. The Balaban J connectivity index is 2.85. The van der Waals surface area contributed by atoms with Gasteiger partial charge in [-0.05, 0) is 38.9 Å². The van der Waals surface area contributed by atoms with Gasteiger partial charge < -0.3 is 10.6 Å². The van der Waals surface area contributed by atoms with E-state index in [0.29, 0.717) is 6.04 Å². The molecule has 2 N–H and O–H groups in total. The van der Waals surface area contributed by atoms with E-state index in [1.807, 2.05) is 0 Å². The maximum atomic E-state index is 3.79. The van der Waals surface area contributed by atoms with Crippen molar-refractivity contribution in [2.45, 2.75) is 52.0 Å². The van der Waals surface area contributed by atoms with Crippen LogP contribution in [0, 0.1) is 6.92 Å². The summed E-state index contributed by atoms with van der Waals surface area (Å²) in [5.41, 5.74) is 0. The molecular weight excluding hydrogens is 172 g/mol. The molecule has 0 saturated carbocycles. The van der Waals surface area contributed by atoms with E-state index in [9.17, 15) is 0 Å². The third kappa shape index (κ3) is 11.9. The molecule has 2 nitrogen and oxygen atoms in total. The fourth-order valence-corrected chi connectivity index (χ4v) is 1.37. The summed E-state index contributed by atoms with van der Waals surface area (Å²) < 4.78 is 0. The quantitative estimate of drug-likeness (QED) is 0.528. The van der Waals surface area contributed by atoms with Gasteiger partial charge in [-0.3, -0.25) is 0 Å². The van der Waals surface area contributed by atoms with Crippen LogP contribution in [0.5, 0.6) is 0 Å². The molecule has 85 valence electrons. The first-order valence-electron chi connectivity index (χ1n) is 6.00. The van der Waals surface area contributed by atoms with E-state index in [1.165, 1.54) is 32.2 Å². The first-order valence-corrected chi connectivity index (χ1v) is 6.00. The van der Waals surface area contributed by atoms with Crippen molar-refractivity contribution in [1.29, 1.82) is 0 Å². The summed E-state index contributed by atoms with van der Waals surface area (Å²) >= 11 is 0. The SMILES string of the molecule is [CH2]CCNCCCCCCNC(C)C. The van der Waals surface area contributed by atoms with Crippen LogP contribution in [0.15, 0.2) is 0 Å². The van der Waals surface area contributed by atoms with Gasteiger partial charge in [0, 0.05) is 6.04 Å². The molecule has 2 heteroatoms. The van der Waals surface area contributed by atoms with Gasteiger partial charge in [-0.2, -0.15) is 0 Å². The van der Waals surface area contributed by atoms with Crippen LogP contribution in [0.4, 0.5) is 0 Å². The van der Waals surface area contributed by atoms with Crippen molar-refractivity contribution >= 4 is 0 Å². The highest BCUT2D eigenvalue weighted by Crippen LogP contribution is 1.98. The Bertz CT molecular complexity index is 102. The number of hydrogen-bond donors (Lipinski definition) is 2. The van der Waals surface area contributed by atoms with E-state index >= 15 is 0 Å². The van der Waals surface area contributed by atoms with Crippen LogP contribution >= 0.6 is 0 Å². The first kappa shape index (κ1) is 13.9. The van der Waals surface area contributed by atoms with Crippen molar-refractivity contribution in [2.24, 2.45) is 0 Å². The lowest BCUT2D eigenvalue weighted by molar-refractivity contribution is 0.533. The Morgan fingerprint density at radius 1 is 0.929 bits per heavy atom. The second-order valence-electron chi connectivity index (χ2n) is 4.13. The predicted molar refractivity (Wildman–Crippen MR) is 64.5 cm³/mol. The molecule has 0 spiro atoms. The molecular formula is C12H27N2. The van der Waals surface area contributed by atoms with Crippen molar-refractivity contribution in [3.05, 3.63) is 6.92 Å². The van der Waals surface area contributed by atoms with Crippen molar-refractivity contribution in [2.75, 3.05) is 19.6 Å². The lowest BCUT2D eigenvalue weighted by atomic mass is 10.2. The summed E-state index contributed by atoms with van der Waals surface area (Å²) in [6, 6.07) is 0.633. The largest absolute Gasteiger partial charge is 0.317 e. The molecule has 0 amide bonds. The molecule has 0 aromatic carbocycles. The standard InChI is InChI=1S/C12H27N2/c1-4-9-13-10-7-5-6-8-11-14-12(2)3/h12-14H,1,4-11H2,2-3H3. The molecule has 0 aliphatic rings. The highest BCUT2D eigenvalue weighted by Gasteiger charge is 1.92. The highest BCUT2D eigenvalue weighted by atomic mass is 14.9. The maximum Gasteiger partial charge on any atom is 0.00103 e. The molecule has 0 aromatic heterocycles. The fraction of sp³-hybridized carbons (Fsp3) is 0.917. The van der Waals surface area contributed by atoms with Crippen molar-refractivity contribution in [3.8, 4) is 0 Å². The molecule has 1 radical (unpaired) electrons. The smallest absolute Gasteiger partial charge is 0.00103 e. The molecule has 0 unspecified atom stereocenters. The third-order valence-corrected chi connectivity index (χ3v) is 2.19. The van der Waals surface area contributed by atoms with Crippen LogP contribution in [-0.2, 0) is 0 Å². The van der Waals surface area contributed by atoms with Crippen LogP contribution in [-0.4, -0.2) is 25.7 Å². The van der Waals surface area contributed by atoms with E-state index < -0.39 is 0 Å². The van der Waals surface area contributed by atoms with Crippen molar-refractivity contribution in [3.63, 3.8) is 0 Å². The fourth-order valence-electron chi connectivity index (χ4n) is 1.37. The van der Waals surface area contributed by atoms with Crippen LogP contribution in [0.1, 0.15) is 46.0 Å². The van der Waals surface area contributed by atoms with Gasteiger partial charge in [-0.15, -0.1) is 0 Å². The van der Waals surface area contributed by atoms with Crippen LogP contribution in [0.2, 0.25) is 0 Å². The van der Waals surface area contributed by atoms with Gasteiger partial charge in [0.15, 0.2) is 0 Å². The lowest BCUT2D eigenvalue weighted by Gasteiger charge is -2.07. The number of nitrogens with one attached hydrogen (secondary N) is 2. The van der Waals surface area contributed by atoms with Gasteiger partial charge in [-0.1, -0.05) is 33.6 Å². The molecule has 0 bridgehead atoms. The van der Waals surface area contributed by atoms with Crippen LogP contribution < -0.4 is 10.6 Å². The van der Waals surface area contributed by atoms with Gasteiger partial charge in [0.05, 0.1) is 0 Å². The molecule has 0 rings (SSSR count). The van der Waals surface area contributed by atoms with E-state index in [-0.39, 0.29) is 0 Å². The lowest BCUT2D eigenvalue weighted by Crippen LogP contribution is -2.23. The van der Waals surface area contributed by atoms with E-state index in [4.69, 9.17) is 0 Å². The summed E-state index contributed by atoms with van der Waals surface area (Å²) in [5, 5.41) is 6.80. The van der Waals surface area contributed by atoms with E-state index in [0.717, 1.165) is 19.5 Å². The van der Waals surface area contributed by atoms with Crippen LogP contribution in [0.3, 0.4) is 0 Å². The topological polar surface area (TPSA) is 24.1 Å². The van der Waals surface area contributed by atoms with Gasteiger partial charge in [0.25, 0.3) is 0 Å². The molecule has 14 heavy (non-hydrogen) atoms. The van der Waals surface area contributed by atoms with E-state index in [1.54, 1.807) is 0 Å². The Morgan fingerprint density at radius 2 is 1.57 bits per heavy atom. The molecule has 0 saturated heterocycles. The van der Waals surface area contributed by atoms with Gasteiger partial charge in [0.2, 0.25) is 0 Å². The second kappa shape index (κ2) is 11.0. The molecule has 0 aliphatic heterocycles. The minimum absolute atomic E-state index is 0.633. The minimum Gasteiger partial charge on any atom is -0.317 e. The average molecular weight is 199 g/mol. The summed E-state index contributed by atoms with van der Waals surface area (Å²) in [5.74, 6) is 0. The summed E-state index contributed by atoms with van der Waals surface area (Å²) in [6.45, 7) is 11.6. The second-order valence-corrected chi connectivity index (χ2v) is 4.13. The Kier molecular flexibility index (Phi) is 10.9. The molecule has 0 aliphatic carbocycles. The zero-order chi connectivity index (χ0) is 10.6. The highest BCUT2D eigenvalue weighted by molar-refractivity contribution is 4.54. The van der Waals surface area contributed by atoms with Crippen molar-refractivity contribution in [1.82, 2.24) is 10.6 Å². The van der Waals surface area contributed by atoms with Gasteiger partial charge >= 0.3 is 0 Å². The normalized spacial score (nSPS) is 11.1. The van der Waals surface area contributed by atoms with Crippen LogP contribution in [0.25, 0.3) is 0 Å². The zero-order valence-electron chi connectivity index (χ0n) is 9.94. The average Bonchev–Trinajstić information content (AvgIpc) is 2.15. The molecule has 0 aromatic rings. The molecule has 0 fully saturated rings. The summed E-state index contributed by atoms with van der Waals surface area (Å²) in [4.78, 5) is 0.